The second kappa shape index (κ2) is 9.18. The number of carbonyl (C=O) groups is 2. The summed E-state index contributed by atoms with van der Waals surface area (Å²) >= 11 is 0. The summed E-state index contributed by atoms with van der Waals surface area (Å²) in [5.74, 6) is -0.377. The van der Waals surface area contributed by atoms with Crippen LogP contribution in [0.4, 0.5) is 0 Å². The molecule has 0 saturated heterocycles. The molecule has 4 heteroatoms. The molecule has 0 aromatic heterocycles. The van der Waals surface area contributed by atoms with Crippen molar-refractivity contribution in [3.05, 3.63) is 71.8 Å². The Morgan fingerprint density at radius 3 is 1.85 bits per heavy atom. The van der Waals surface area contributed by atoms with Crippen molar-refractivity contribution >= 4 is 11.8 Å². The fourth-order valence-electron chi connectivity index (χ4n) is 3.16. The largest absolute Gasteiger partial charge is 0.349 e. The number of carbonyl (C=O) groups excluding carboxylic acids is 2. The van der Waals surface area contributed by atoms with Crippen molar-refractivity contribution in [1.82, 2.24) is 9.80 Å². The van der Waals surface area contributed by atoms with E-state index >= 15 is 0 Å². The Labute approximate surface area is 156 Å². The van der Waals surface area contributed by atoms with Gasteiger partial charge in [-0.1, -0.05) is 60.7 Å². The van der Waals surface area contributed by atoms with Crippen molar-refractivity contribution in [2.24, 2.45) is 5.92 Å². The maximum absolute atomic E-state index is 13.0. The first-order valence-corrected chi connectivity index (χ1v) is 8.90. The number of benzene rings is 2. The van der Waals surface area contributed by atoms with Gasteiger partial charge in [0.2, 0.25) is 11.8 Å². The van der Waals surface area contributed by atoms with Gasteiger partial charge >= 0.3 is 0 Å². The predicted octanol–water partition coefficient (Wildman–Crippen LogP) is 3.20. The molecule has 2 atom stereocenters. The lowest BCUT2D eigenvalue weighted by Crippen LogP contribution is -2.37. The quantitative estimate of drug-likeness (QED) is 0.768. The molecule has 0 aliphatic rings. The molecule has 0 unspecified atom stereocenters. The minimum atomic E-state index is -0.293. The molecule has 2 aromatic rings. The van der Waals surface area contributed by atoms with Crippen LogP contribution < -0.4 is 0 Å². The van der Waals surface area contributed by atoms with Crippen molar-refractivity contribution in [1.29, 1.82) is 0 Å². The maximum atomic E-state index is 13.0. The number of hydrogen-bond acceptors (Lipinski definition) is 2. The number of nitrogens with zero attached hydrogens (tertiary/aromatic N) is 2. The van der Waals surface area contributed by atoms with Crippen LogP contribution in [-0.2, 0) is 16.0 Å². The van der Waals surface area contributed by atoms with Crippen molar-refractivity contribution in [3.8, 4) is 0 Å². The van der Waals surface area contributed by atoms with Crippen LogP contribution in [0.2, 0.25) is 0 Å². The number of amides is 2. The van der Waals surface area contributed by atoms with E-state index in [-0.39, 0.29) is 23.7 Å². The number of hydrogen-bond donors (Lipinski definition) is 0. The minimum absolute atomic E-state index is 0.0310. The highest BCUT2D eigenvalue weighted by atomic mass is 16.2. The Balaban J connectivity index is 2.42. The van der Waals surface area contributed by atoms with E-state index in [1.807, 2.05) is 60.7 Å². The van der Waals surface area contributed by atoms with E-state index in [0.717, 1.165) is 11.1 Å². The predicted molar refractivity (Wildman–Crippen MR) is 105 cm³/mol. The van der Waals surface area contributed by atoms with Crippen LogP contribution in [0, 0.1) is 5.92 Å². The zero-order chi connectivity index (χ0) is 19.1. The van der Waals surface area contributed by atoms with Gasteiger partial charge in [0.1, 0.15) is 0 Å². The summed E-state index contributed by atoms with van der Waals surface area (Å²) in [6.45, 7) is 0. The number of rotatable bonds is 7. The summed E-state index contributed by atoms with van der Waals surface area (Å²) < 4.78 is 0. The van der Waals surface area contributed by atoms with Gasteiger partial charge in [-0.2, -0.15) is 0 Å². The van der Waals surface area contributed by atoms with Crippen LogP contribution >= 0.6 is 0 Å². The van der Waals surface area contributed by atoms with E-state index in [1.54, 1.807) is 38.0 Å². The lowest BCUT2D eigenvalue weighted by molar-refractivity contribution is -0.135. The van der Waals surface area contributed by atoms with Crippen LogP contribution in [0.3, 0.4) is 0 Å². The Kier molecular flexibility index (Phi) is 6.96. The van der Waals surface area contributed by atoms with Gasteiger partial charge in [-0.25, -0.2) is 0 Å². The molecule has 0 spiro atoms. The van der Waals surface area contributed by atoms with E-state index in [2.05, 4.69) is 0 Å². The molecular formula is C22H28N2O2. The molecule has 138 valence electrons. The maximum Gasteiger partial charge on any atom is 0.226 e. The standard InChI is InChI=1S/C22H28N2O2/c1-23(2)21(25)16-19(18-13-9-6-10-14-18)20(22(26)24(3)4)15-17-11-7-5-8-12-17/h5-14,19-20H,15-16H2,1-4H3/t19-,20-/m0/s1. The fraction of sp³-hybridized carbons (Fsp3) is 0.364. The second-order valence-electron chi connectivity index (χ2n) is 7.04. The molecule has 0 aliphatic carbocycles. The van der Waals surface area contributed by atoms with Gasteiger partial charge in [-0.3, -0.25) is 9.59 Å². The van der Waals surface area contributed by atoms with E-state index in [0.29, 0.717) is 12.8 Å². The Morgan fingerprint density at radius 1 is 0.808 bits per heavy atom. The third-order valence-electron chi connectivity index (χ3n) is 4.66. The van der Waals surface area contributed by atoms with Crippen LogP contribution in [0.25, 0.3) is 0 Å². The summed E-state index contributed by atoms with van der Waals surface area (Å²) in [4.78, 5) is 28.7. The monoisotopic (exact) mass is 352 g/mol. The van der Waals surface area contributed by atoms with Crippen LogP contribution in [0.1, 0.15) is 23.5 Å². The molecule has 0 N–H and O–H groups in total. The molecule has 2 rings (SSSR count). The zero-order valence-electron chi connectivity index (χ0n) is 16.1. The Bertz CT molecular complexity index is 711. The molecule has 0 radical (unpaired) electrons. The van der Waals surface area contributed by atoms with Gasteiger partial charge in [-0.15, -0.1) is 0 Å². The highest BCUT2D eigenvalue weighted by molar-refractivity contribution is 5.82. The lowest BCUT2D eigenvalue weighted by atomic mass is 9.79. The summed E-state index contributed by atoms with van der Waals surface area (Å²) in [5.41, 5.74) is 2.13. The minimum Gasteiger partial charge on any atom is -0.349 e. The fourth-order valence-corrected chi connectivity index (χ4v) is 3.16. The van der Waals surface area contributed by atoms with Gasteiger partial charge in [0.15, 0.2) is 0 Å². The first-order chi connectivity index (χ1) is 12.4. The Morgan fingerprint density at radius 2 is 1.35 bits per heavy atom. The average Bonchev–Trinajstić information content (AvgIpc) is 2.65. The molecule has 0 fully saturated rings. The molecule has 0 heterocycles. The van der Waals surface area contributed by atoms with E-state index in [1.165, 1.54) is 0 Å². The van der Waals surface area contributed by atoms with Crippen LogP contribution in [0.5, 0.6) is 0 Å². The third kappa shape index (κ3) is 5.19. The molecule has 0 saturated carbocycles. The van der Waals surface area contributed by atoms with Crippen molar-refractivity contribution in [2.45, 2.75) is 18.8 Å². The van der Waals surface area contributed by atoms with E-state index < -0.39 is 0 Å². The molecule has 0 bridgehead atoms. The lowest BCUT2D eigenvalue weighted by Gasteiger charge is -2.29. The zero-order valence-corrected chi connectivity index (χ0v) is 16.1. The van der Waals surface area contributed by atoms with E-state index in [9.17, 15) is 9.59 Å². The van der Waals surface area contributed by atoms with Gasteiger partial charge in [0, 0.05) is 46.4 Å². The second-order valence-corrected chi connectivity index (χ2v) is 7.04. The Hall–Kier alpha value is -2.62. The molecule has 2 aromatic carbocycles. The van der Waals surface area contributed by atoms with Crippen molar-refractivity contribution in [3.63, 3.8) is 0 Å². The van der Waals surface area contributed by atoms with Crippen molar-refractivity contribution < 1.29 is 9.59 Å². The van der Waals surface area contributed by atoms with E-state index in [4.69, 9.17) is 0 Å². The van der Waals surface area contributed by atoms with Crippen molar-refractivity contribution in [2.75, 3.05) is 28.2 Å². The molecule has 26 heavy (non-hydrogen) atoms. The van der Waals surface area contributed by atoms with Gasteiger partial charge in [-0.05, 0) is 17.5 Å². The summed E-state index contributed by atoms with van der Waals surface area (Å²) in [7, 11) is 7.06. The smallest absolute Gasteiger partial charge is 0.226 e. The SMILES string of the molecule is CN(C)C(=O)C[C@@H](c1ccccc1)[C@H](Cc1ccccc1)C(=O)N(C)C. The van der Waals surface area contributed by atoms with Gasteiger partial charge in [0.25, 0.3) is 0 Å². The first kappa shape index (κ1) is 19.7. The third-order valence-corrected chi connectivity index (χ3v) is 4.66. The average molecular weight is 352 g/mol. The topological polar surface area (TPSA) is 40.6 Å². The van der Waals surface area contributed by atoms with Gasteiger partial charge in [0.05, 0.1) is 0 Å². The molecule has 4 nitrogen and oxygen atoms in total. The van der Waals surface area contributed by atoms with Gasteiger partial charge < -0.3 is 9.80 Å². The first-order valence-electron chi connectivity index (χ1n) is 8.90. The highest BCUT2D eigenvalue weighted by Gasteiger charge is 2.32. The van der Waals surface area contributed by atoms with Crippen LogP contribution in [-0.4, -0.2) is 49.8 Å². The summed E-state index contributed by atoms with van der Waals surface area (Å²) in [6, 6.07) is 19.9. The normalized spacial score (nSPS) is 12.9. The highest BCUT2D eigenvalue weighted by Crippen LogP contribution is 2.32. The molecular weight excluding hydrogens is 324 g/mol. The molecule has 2 amide bonds. The molecule has 0 aliphatic heterocycles. The summed E-state index contributed by atoms with van der Waals surface area (Å²) in [5, 5.41) is 0. The summed E-state index contributed by atoms with van der Waals surface area (Å²) in [6.07, 6.45) is 0.923. The van der Waals surface area contributed by atoms with Crippen LogP contribution in [0.15, 0.2) is 60.7 Å².